The third kappa shape index (κ3) is 4.34. The topological polar surface area (TPSA) is 78.5 Å². The van der Waals surface area contributed by atoms with Crippen molar-refractivity contribution < 1.29 is 14.4 Å². The number of nitrogens with one attached hydrogen (secondary N) is 2. The highest BCUT2D eigenvalue weighted by atomic mass is 16.2. The Morgan fingerprint density at radius 1 is 1.11 bits per heavy atom. The van der Waals surface area contributed by atoms with Gasteiger partial charge in [-0.2, -0.15) is 0 Å². The van der Waals surface area contributed by atoms with E-state index in [1.54, 1.807) is 29.2 Å². The Bertz CT molecular complexity index is 878. The average Bonchev–Trinajstić information content (AvgIpc) is 3.04. The summed E-state index contributed by atoms with van der Waals surface area (Å²) in [5.74, 6) is -0.831. The first-order valence-corrected chi connectivity index (χ1v) is 9.04. The molecule has 6 nitrogen and oxygen atoms in total. The van der Waals surface area contributed by atoms with Crippen LogP contribution in [-0.2, 0) is 20.8 Å². The van der Waals surface area contributed by atoms with Gasteiger partial charge in [0.25, 0.3) is 0 Å². The molecule has 0 aromatic heterocycles. The second kappa shape index (κ2) is 8.03. The summed E-state index contributed by atoms with van der Waals surface area (Å²) in [6.45, 7) is 3.79. The fourth-order valence-corrected chi connectivity index (χ4v) is 3.27. The Balaban J connectivity index is 1.71. The summed E-state index contributed by atoms with van der Waals surface area (Å²) in [6.07, 6.45) is 0.993. The minimum atomic E-state index is -0.410. The van der Waals surface area contributed by atoms with Crippen molar-refractivity contribution in [2.75, 3.05) is 22.1 Å². The number of carbonyl (C=O) groups excluding carboxylic acids is 3. The Morgan fingerprint density at radius 3 is 2.63 bits per heavy atom. The molecule has 3 amide bonds. The quantitative estimate of drug-likeness (QED) is 0.854. The van der Waals surface area contributed by atoms with Crippen molar-refractivity contribution in [1.29, 1.82) is 0 Å². The molecule has 6 heteroatoms. The number of anilines is 3. The summed E-state index contributed by atoms with van der Waals surface area (Å²) in [6, 6.07) is 14.8. The lowest BCUT2D eigenvalue weighted by Crippen LogP contribution is -2.28. The summed E-state index contributed by atoms with van der Waals surface area (Å²) in [4.78, 5) is 38.0. The summed E-state index contributed by atoms with van der Waals surface area (Å²) >= 11 is 0. The van der Waals surface area contributed by atoms with Gasteiger partial charge >= 0.3 is 0 Å². The summed E-state index contributed by atoms with van der Waals surface area (Å²) in [5, 5.41) is 5.67. The van der Waals surface area contributed by atoms with Gasteiger partial charge in [-0.25, -0.2) is 0 Å². The molecule has 2 aromatic rings. The fraction of sp³-hybridized carbons (Fsp3) is 0.286. The van der Waals surface area contributed by atoms with Gasteiger partial charge in [-0.1, -0.05) is 31.2 Å². The first-order chi connectivity index (χ1) is 13.0. The van der Waals surface area contributed by atoms with Crippen molar-refractivity contribution in [3.63, 3.8) is 0 Å². The van der Waals surface area contributed by atoms with Gasteiger partial charge in [0.05, 0.1) is 5.92 Å². The van der Waals surface area contributed by atoms with E-state index >= 15 is 0 Å². The summed E-state index contributed by atoms with van der Waals surface area (Å²) in [5.41, 5.74) is 3.16. The number of aryl methyl sites for hydroxylation is 1. The highest BCUT2D eigenvalue weighted by molar-refractivity contribution is 6.04. The van der Waals surface area contributed by atoms with Gasteiger partial charge in [0.15, 0.2) is 0 Å². The van der Waals surface area contributed by atoms with Crippen LogP contribution >= 0.6 is 0 Å². The average molecular weight is 365 g/mol. The molecule has 1 aliphatic heterocycles. The minimum absolute atomic E-state index is 0.0982. The van der Waals surface area contributed by atoms with Crippen LogP contribution in [0.1, 0.15) is 25.8 Å². The van der Waals surface area contributed by atoms with Crippen LogP contribution in [0.5, 0.6) is 0 Å². The van der Waals surface area contributed by atoms with E-state index in [0.29, 0.717) is 17.9 Å². The Kier molecular flexibility index (Phi) is 5.54. The normalized spacial score (nSPS) is 16.3. The molecule has 1 atom stereocenters. The number of amides is 3. The molecule has 1 unspecified atom stereocenters. The van der Waals surface area contributed by atoms with Crippen molar-refractivity contribution in [1.82, 2.24) is 0 Å². The van der Waals surface area contributed by atoms with E-state index in [9.17, 15) is 14.4 Å². The van der Waals surface area contributed by atoms with E-state index in [2.05, 4.69) is 10.6 Å². The van der Waals surface area contributed by atoms with Crippen LogP contribution in [0.4, 0.5) is 17.1 Å². The molecule has 0 aliphatic carbocycles. The molecule has 1 fully saturated rings. The zero-order valence-electron chi connectivity index (χ0n) is 15.5. The molecule has 0 bridgehead atoms. The second-order valence-corrected chi connectivity index (χ2v) is 6.64. The van der Waals surface area contributed by atoms with Gasteiger partial charge in [-0.15, -0.1) is 0 Å². The lowest BCUT2D eigenvalue weighted by Gasteiger charge is -2.18. The maximum absolute atomic E-state index is 12.7. The lowest BCUT2D eigenvalue weighted by atomic mass is 10.1. The zero-order valence-corrected chi connectivity index (χ0v) is 15.5. The number of benzene rings is 2. The Labute approximate surface area is 158 Å². The van der Waals surface area contributed by atoms with Crippen LogP contribution in [0.2, 0.25) is 0 Å². The number of hydrogen-bond acceptors (Lipinski definition) is 3. The Morgan fingerprint density at radius 2 is 1.89 bits per heavy atom. The fourth-order valence-electron chi connectivity index (χ4n) is 3.27. The molecule has 2 aromatic carbocycles. The number of nitrogens with zero attached hydrogens (tertiary/aromatic N) is 1. The molecule has 3 rings (SSSR count). The van der Waals surface area contributed by atoms with Crippen molar-refractivity contribution in [2.45, 2.75) is 26.7 Å². The highest BCUT2D eigenvalue weighted by Crippen LogP contribution is 2.28. The van der Waals surface area contributed by atoms with E-state index in [1.165, 1.54) is 6.92 Å². The van der Waals surface area contributed by atoms with E-state index in [4.69, 9.17) is 0 Å². The van der Waals surface area contributed by atoms with Crippen LogP contribution in [0.25, 0.3) is 0 Å². The predicted molar refractivity (Wildman–Crippen MR) is 106 cm³/mol. The standard InChI is InChI=1S/C21H23N3O3/c1-3-15-7-4-5-10-19(15)23-21(27)16-11-20(26)24(13-16)18-9-6-8-17(12-18)22-14(2)25/h4-10,12,16H,3,11,13H2,1-2H3,(H,22,25)(H,23,27). The molecule has 2 N–H and O–H groups in total. The molecule has 27 heavy (non-hydrogen) atoms. The van der Waals surface area contributed by atoms with Gasteiger partial charge in [-0.05, 0) is 36.2 Å². The molecule has 0 spiro atoms. The number of hydrogen-bond donors (Lipinski definition) is 2. The van der Waals surface area contributed by atoms with Crippen LogP contribution < -0.4 is 15.5 Å². The first-order valence-electron chi connectivity index (χ1n) is 9.04. The Hall–Kier alpha value is -3.15. The van der Waals surface area contributed by atoms with E-state index in [-0.39, 0.29) is 24.1 Å². The van der Waals surface area contributed by atoms with Crippen LogP contribution in [0, 0.1) is 5.92 Å². The van der Waals surface area contributed by atoms with E-state index in [1.807, 2.05) is 31.2 Å². The summed E-state index contributed by atoms with van der Waals surface area (Å²) in [7, 11) is 0. The summed E-state index contributed by atoms with van der Waals surface area (Å²) < 4.78 is 0. The van der Waals surface area contributed by atoms with Gasteiger partial charge < -0.3 is 15.5 Å². The van der Waals surface area contributed by atoms with Crippen molar-refractivity contribution >= 4 is 34.8 Å². The maximum Gasteiger partial charge on any atom is 0.229 e. The molecule has 1 heterocycles. The van der Waals surface area contributed by atoms with Gasteiger partial charge in [0.2, 0.25) is 17.7 Å². The number of carbonyl (C=O) groups is 3. The number of para-hydroxylation sites is 1. The van der Waals surface area contributed by atoms with E-state index < -0.39 is 5.92 Å². The first kappa shape index (κ1) is 18.6. The molecule has 0 radical (unpaired) electrons. The van der Waals surface area contributed by atoms with Gasteiger partial charge in [0, 0.05) is 37.0 Å². The maximum atomic E-state index is 12.7. The van der Waals surface area contributed by atoms with Gasteiger partial charge in [-0.3, -0.25) is 14.4 Å². The van der Waals surface area contributed by atoms with Crippen LogP contribution in [0.15, 0.2) is 48.5 Å². The third-order valence-electron chi connectivity index (χ3n) is 4.63. The third-order valence-corrected chi connectivity index (χ3v) is 4.63. The molecule has 140 valence electrons. The second-order valence-electron chi connectivity index (χ2n) is 6.64. The van der Waals surface area contributed by atoms with Crippen molar-refractivity contribution in [3.8, 4) is 0 Å². The molecular formula is C21H23N3O3. The smallest absolute Gasteiger partial charge is 0.229 e. The van der Waals surface area contributed by atoms with Crippen LogP contribution in [-0.4, -0.2) is 24.3 Å². The van der Waals surface area contributed by atoms with Crippen molar-refractivity contribution in [2.24, 2.45) is 5.92 Å². The SMILES string of the molecule is CCc1ccccc1NC(=O)C1CC(=O)N(c2cccc(NC(C)=O)c2)C1. The highest BCUT2D eigenvalue weighted by Gasteiger charge is 2.35. The largest absolute Gasteiger partial charge is 0.326 e. The zero-order chi connectivity index (χ0) is 19.4. The lowest BCUT2D eigenvalue weighted by molar-refractivity contribution is -0.122. The van der Waals surface area contributed by atoms with Crippen molar-refractivity contribution in [3.05, 3.63) is 54.1 Å². The van der Waals surface area contributed by atoms with Gasteiger partial charge in [0.1, 0.15) is 0 Å². The molecule has 0 saturated carbocycles. The molecule has 1 saturated heterocycles. The molecular weight excluding hydrogens is 342 g/mol. The monoisotopic (exact) mass is 365 g/mol. The molecule has 1 aliphatic rings. The minimum Gasteiger partial charge on any atom is -0.326 e. The predicted octanol–water partition coefficient (Wildman–Crippen LogP) is 3.20. The van der Waals surface area contributed by atoms with Crippen LogP contribution in [0.3, 0.4) is 0 Å². The number of rotatable bonds is 5. The van der Waals surface area contributed by atoms with E-state index in [0.717, 1.165) is 17.7 Å².